The molecule has 0 spiro atoms. The Morgan fingerprint density at radius 3 is 1.02 bits per heavy atom. The summed E-state index contributed by atoms with van der Waals surface area (Å²) in [5.74, 6) is 0. The average molecular weight is 562 g/mol. The molecule has 0 bridgehead atoms. The van der Waals surface area contributed by atoms with E-state index in [-0.39, 0.29) is 10.7 Å². The van der Waals surface area contributed by atoms with Gasteiger partial charge in [0.05, 0.1) is 29.5 Å². The number of nitro groups is 7. The maximum absolute atomic E-state index is 11.6. The number of benzene rings is 3. The number of hydrogen-bond acceptors (Lipinski definition) is 14. The van der Waals surface area contributed by atoms with Gasteiger partial charge in [-0.25, -0.2) is 10.1 Å². The van der Waals surface area contributed by atoms with Crippen molar-refractivity contribution in [3.05, 3.63) is 131 Å². The van der Waals surface area contributed by atoms with Crippen LogP contribution in [-0.4, -0.2) is 34.6 Å². The Labute approximate surface area is 217 Å². The Kier molecular flexibility index (Phi) is 8.85. The van der Waals surface area contributed by atoms with Crippen molar-refractivity contribution in [3.63, 3.8) is 0 Å². The van der Waals surface area contributed by atoms with Crippen LogP contribution in [0.2, 0.25) is 0 Å². The van der Waals surface area contributed by atoms with Crippen molar-refractivity contribution >= 4 is 45.5 Å². The van der Waals surface area contributed by atoms with Gasteiger partial charge in [0.15, 0.2) is 5.03 Å². The van der Waals surface area contributed by atoms with Crippen molar-refractivity contribution in [2.24, 2.45) is 0 Å². The van der Waals surface area contributed by atoms with Crippen LogP contribution in [0.25, 0.3) is 0 Å². The quantitative estimate of drug-likeness (QED) is 0.261. The highest BCUT2D eigenvalue weighted by molar-refractivity contribution is 5.96. The van der Waals surface area contributed by atoms with Crippen LogP contribution < -0.4 is 5.01 Å². The molecule has 3 aromatic carbocycles. The first-order valence-electron chi connectivity index (χ1n) is 9.87. The smallest absolute Gasteiger partial charge is 0.258 e. The Balaban J connectivity index is 0.000000526. The number of hydrazine groups is 1. The number of para-hydroxylation sites is 2. The summed E-state index contributed by atoms with van der Waals surface area (Å²) in [6.45, 7) is 0. The largest absolute Gasteiger partial charge is 0.437 e. The van der Waals surface area contributed by atoms with E-state index in [9.17, 15) is 70.8 Å². The van der Waals surface area contributed by atoms with Crippen molar-refractivity contribution in [2.75, 3.05) is 5.01 Å². The van der Waals surface area contributed by atoms with Gasteiger partial charge in [0, 0.05) is 12.1 Å². The summed E-state index contributed by atoms with van der Waals surface area (Å²) in [5, 5.41) is 77.1. The zero-order valence-corrected chi connectivity index (χ0v) is 19.1. The SMILES string of the molecule is O=[N+]([O-])c1c(N(c2ccccc2)[N+](=O)[O-])c([N+](=O)[O-])c([N+](=O)[O-])c([N+](=O)[O-])c1[N+](=O)[O-].O=[N+]([O-])c1ccccc1. The van der Waals surface area contributed by atoms with Crippen LogP contribution in [0.3, 0.4) is 0 Å². The first kappa shape index (κ1) is 29.5. The second kappa shape index (κ2) is 12.0. The molecule has 0 aliphatic heterocycles. The van der Waals surface area contributed by atoms with Gasteiger partial charge >= 0.3 is 28.4 Å². The van der Waals surface area contributed by atoms with E-state index in [0.29, 0.717) is 0 Å². The van der Waals surface area contributed by atoms with Gasteiger partial charge in [0.1, 0.15) is 5.69 Å². The van der Waals surface area contributed by atoms with Crippen LogP contribution in [-0.2, 0) is 0 Å². The summed E-state index contributed by atoms with van der Waals surface area (Å²) >= 11 is 0. The zero-order valence-electron chi connectivity index (χ0n) is 19.1. The molecule has 0 saturated heterocycles. The van der Waals surface area contributed by atoms with Crippen molar-refractivity contribution in [1.82, 2.24) is 0 Å². The molecule has 0 aromatic heterocycles. The first-order chi connectivity index (χ1) is 18.7. The van der Waals surface area contributed by atoms with Gasteiger partial charge in [-0.15, -0.1) is 0 Å². The number of non-ortho nitro benzene ring substituents is 1. The van der Waals surface area contributed by atoms with E-state index in [1.165, 1.54) is 18.2 Å². The monoisotopic (exact) mass is 562 g/mol. The number of anilines is 2. The maximum atomic E-state index is 11.6. The Morgan fingerprint density at radius 1 is 0.425 bits per heavy atom. The van der Waals surface area contributed by atoms with E-state index < -0.39 is 74.4 Å². The third-order valence-electron chi connectivity index (χ3n) is 4.60. The molecule has 0 radical (unpaired) electrons. The Morgan fingerprint density at radius 2 is 0.750 bits per heavy atom. The van der Waals surface area contributed by atoms with Crippen LogP contribution in [0.4, 0.5) is 45.5 Å². The lowest BCUT2D eigenvalue weighted by Crippen LogP contribution is -2.27. The fourth-order valence-corrected chi connectivity index (χ4v) is 3.16. The molecule has 0 unspecified atom stereocenters. The van der Waals surface area contributed by atoms with Gasteiger partial charge in [-0.1, -0.05) is 36.4 Å². The van der Waals surface area contributed by atoms with Gasteiger partial charge in [-0.3, -0.25) is 60.7 Å². The van der Waals surface area contributed by atoms with E-state index in [1.54, 1.807) is 18.2 Å². The summed E-state index contributed by atoms with van der Waals surface area (Å²) in [6, 6.07) is 13.4. The van der Waals surface area contributed by atoms with Gasteiger partial charge < -0.3 is 0 Å². The van der Waals surface area contributed by atoms with Crippen LogP contribution in [0.1, 0.15) is 0 Å². The third-order valence-corrected chi connectivity index (χ3v) is 4.60. The molecule has 0 fully saturated rings. The minimum absolute atomic E-state index is 0.137. The molecule has 40 heavy (non-hydrogen) atoms. The molecular weight excluding hydrogens is 552 g/mol. The molecule has 0 heterocycles. The van der Waals surface area contributed by atoms with Gasteiger partial charge in [-0.05, 0) is 17.1 Å². The predicted octanol–water partition coefficient (Wildman–Crippen LogP) is 4.15. The van der Waals surface area contributed by atoms with Crippen molar-refractivity contribution < 1.29 is 34.6 Å². The fourth-order valence-electron chi connectivity index (χ4n) is 3.16. The van der Waals surface area contributed by atoms with Crippen LogP contribution in [0, 0.1) is 70.8 Å². The van der Waals surface area contributed by atoms with Crippen LogP contribution >= 0.6 is 0 Å². The molecule has 0 amide bonds. The molecule has 22 heteroatoms. The molecule has 0 N–H and O–H groups in total. The summed E-state index contributed by atoms with van der Waals surface area (Å²) < 4.78 is 0. The minimum Gasteiger partial charge on any atom is -0.258 e. The molecule has 3 rings (SSSR count). The van der Waals surface area contributed by atoms with E-state index in [1.807, 2.05) is 0 Å². The number of nitro benzene ring substituents is 6. The fraction of sp³-hybridized carbons (Fsp3) is 0. The van der Waals surface area contributed by atoms with Gasteiger partial charge in [0.2, 0.25) is 0 Å². The summed E-state index contributed by atoms with van der Waals surface area (Å²) in [6.07, 6.45) is 0. The number of rotatable bonds is 9. The molecule has 206 valence electrons. The lowest BCUT2D eigenvalue weighted by molar-refractivity contribution is -0.489. The van der Waals surface area contributed by atoms with Gasteiger partial charge in [-0.2, -0.15) is 0 Å². The lowest BCUT2D eigenvalue weighted by Gasteiger charge is -2.14. The summed E-state index contributed by atoms with van der Waals surface area (Å²) in [7, 11) is 0. The second-order valence-corrected chi connectivity index (χ2v) is 6.86. The van der Waals surface area contributed by atoms with Crippen LogP contribution in [0.15, 0.2) is 60.7 Å². The van der Waals surface area contributed by atoms with Crippen LogP contribution in [0.5, 0.6) is 0 Å². The standard InChI is InChI=1S/C12H5N7O12.C6H5NO2/c20-14(21)8-7(13(19(30)31)6-4-2-1-3-5-6)9(15(22)23)11(17(26)27)12(18(28)29)10(8)16(24)25;8-7(9)6-4-2-1-3-5-6/h1-5H;1-5H. The topological polar surface area (TPSA) is 305 Å². The molecule has 22 nitrogen and oxygen atoms in total. The molecule has 3 aromatic rings. The summed E-state index contributed by atoms with van der Waals surface area (Å²) in [5.41, 5.74) is -12.8. The Hall–Kier alpha value is -6.74. The third kappa shape index (κ3) is 5.97. The average Bonchev–Trinajstić information content (AvgIpc) is 2.88. The minimum atomic E-state index is -2.17. The van der Waals surface area contributed by atoms with Gasteiger partial charge in [0.25, 0.3) is 11.4 Å². The van der Waals surface area contributed by atoms with E-state index in [4.69, 9.17) is 0 Å². The van der Waals surface area contributed by atoms with E-state index >= 15 is 0 Å². The normalized spacial score (nSPS) is 9.90. The predicted molar refractivity (Wildman–Crippen MR) is 128 cm³/mol. The second-order valence-electron chi connectivity index (χ2n) is 6.86. The molecular formula is C18H10N8O14. The molecule has 0 aliphatic carbocycles. The highest BCUT2D eigenvalue weighted by Crippen LogP contribution is 2.56. The zero-order chi connectivity index (χ0) is 30.3. The van der Waals surface area contributed by atoms with Crippen molar-refractivity contribution in [2.45, 2.75) is 0 Å². The Bertz CT molecular complexity index is 1490. The number of hydrogen-bond donors (Lipinski definition) is 0. The van der Waals surface area contributed by atoms with Crippen molar-refractivity contribution in [3.8, 4) is 0 Å². The highest BCUT2D eigenvalue weighted by Gasteiger charge is 2.58. The first-order valence-corrected chi connectivity index (χ1v) is 9.87. The highest BCUT2D eigenvalue weighted by atomic mass is 16.7. The summed E-state index contributed by atoms with van der Waals surface area (Å²) in [4.78, 5) is 69.7. The van der Waals surface area contributed by atoms with E-state index in [0.717, 1.165) is 24.3 Å². The van der Waals surface area contributed by atoms with E-state index in [2.05, 4.69) is 0 Å². The molecule has 0 atom stereocenters. The lowest BCUT2D eigenvalue weighted by atomic mass is 10.1. The molecule has 0 aliphatic rings. The maximum Gasteiger partial charge on any atom is 0.437 e. The number of nitrogens with zero attached hydrogens (tertiary/aromatic N) is 8. The van der Waals surface area contributed by atoms with Crippen molar-refractivity contribution in [1.29, 1.82) is 0 Å². The molecule has 0 saturated carbocycles.